The zero-order valence-electron chi connectivity index (χ0n) is 18.8. The predicted octanol–water partition coefficient (Wildman–Crippen LogP) is 3.57. The second kappa shape index (κ2) is 9.35. The van der Waals surface area contributed by atoms with Gasteiger partial charge in [0, 0.05) is 35.8 Å². The monoisotopic (exact) mass is 448 g/mol. The summed E-state index contributed by atoms with van der Waals surface area (Å²) in [6.45, 7) is 3.49. The lowest BCUT2D eigenvalue weighted by Crippen LogP contribution is -2.45. The van der Waals surface area contributed by atoms with Crippen molar-refractivity contribution in [3.05, 3.63) is 69.3 Å². The molecule has 1 aromatic carbocycles. The lowest BCUT2D eigenvalue weighted by molar-refractivity contribution is -0.137. The maximum atomic E-state index is 12.8. The molecule has 1 aliphatic carbocycles. The Morgan fingerprint density at radius 1 is 1.18 bits per heavy atom. The quantitative estimate of drug-likeness (QED) is 0.536. The fourth-order valence-electron chi connectivity index (χ4n) is 4.84. The lowest BCUT2D eigenvalue weighted by atomic mass is 10.0. The van der Waals surface area contributed by atoms with Crippen LogP contribution in [0.5, 0.6) is 5.75 Å². The van der Waals surface area contributed by atoms with Crippen molar-refractivity contribution in [2.24, 2.45) is 0 Å². The molecule has 0 N–H and O–H groups in total. The van der Waals surface area contributed by atoms with Crippen LogP contribution in [0.25, 0.3) is 11.0 Å². The van der Waals surface area contributed by atoms with E-state index < -0.39 is 0 Å². The summed E-state index contributed by atoms with van der Waals surface area (Å²) in [5.41, 5.74) is 3.84. The van der Waals surface area contributed by atoms with Crippen molar-refractivity contribution in [3.63, 3.8) is 0 Å². The minimum absolute atomic E-state index is 0.0107. The van der Waals surface area contributed by atoms with Crippen LogP contribution in [-0.4, -0.2) is 41.6 Å². The van der Waals surface area contributed by atoms with Gasteiger partial charge in [-0.3, -0.25) is 9.78 Å². The minimum atomic E-state index is -0.253. The molecular weight excluding hydrogens is 420 g/mol. The molecule has 2 aromatic heterocycles. The lowest BCUT2D eigenvalue weighted by Gasteiger charge is -2.32. The van der Waals surface area contributed by atoms with Gasteiger partial charge >= 0.3 is 5.63 Å². The number of carbonyl (C=O) groups is 1. The molecule has 1 saturated heterocycles. The molecule has 5 rings (SSSR count). The third-order valence-electron chi connectivity index (χ3n) is 6.62. The number of hydrogen-bond donors (Lipinski definition) is 0. The number of pyridine rings is 1. The molecule has 3 heterocycles. The van der Waals surface area contributed by atoms with Crippen LogP contribution in [0, 0.1) is 6.92 Å². The molecule has 0 radical (unpaired) electrons. The number of likely N-dealkylation sites (tertiary alicyclic amines) is 1. The third kappa shape index (κ3) is 4.50. The summed E-state index contributed by atoms with van der Waals surface area (Å²) in [6, 6.07) is 9.56. The Morgan fingerprint density at radius 2 is 2.06 bits per heavy atom. The van der Waals surface area contributed by atoms with Crippen molar-refractivity contribution in [1.29, 1.82) is 0 Å². The highest BCUT2D eigenvalue weighted by Gasteiger charge is 2.25. The molecule has 1 atom stereocenters. The van der Waals surface area contributed by atoms with Crippen LogP contribution in [0.15, 0.2) is 45.7 Å². The van der Waals surface area contributed by atoms with Gasteiger partial charge in [-0.15, -0.1) is 0 Å². The molecule has 0 saturated carbocycles. The van der Waals surface area contributed by atoms with E-state index in [1.165, 1.54) is 0 Å². The van der Waals surface area contributed by atoms with E-state index in [0.29, 0.717) is 31.0 Å². The van der Waals surface area contributed by atoms with E-state index in [1.54, 1.807) is 11.1 Å². The van der Waals surface area contributed by atoms with Gasteiger partial charge in [0.15, 0.2) is 6.61 Å². The summed E-state index contributed by atoms with van der Waals surface area (Å²) in [5, 5.41) is 0.974. The normalized spacial score (nSPS) is 17.8. The average molecular weight is 449 g/mol. The highest BCUT2D eigenvalue weighted by atomic mass is 16.5. The number of aromatic nitrogens is 1. The van der Waals surface area contributed by atoms with Gasteiger partial charge in [0.25, 0.3) is 5.91 Å². The zero-order chi connectivity index (χ0) is 22.8. The maximum absolute atomic E-state index is 12.8. The number of fused-ring (bicyclic) bond motifs is 3. The zero-order valence-corrected chi connectivity index (χ0v) is 18.8. The Kier molecular flexibility index (Phi) is 6.13. The van der Waals surface area contributed by atoms with Crippen molar-refractivity contribution in [2.45, 2.75) is 51.7 Å². The van der Waals surface area contributed by atoms with Crippen LogP contribution in [-0.2, 0) is 29.0 Å². The summed E-state index contributed by atoms with van der Waals surface area (Å²) >= 11 is 0. The second-order valence-corrected chi connectivity index (χ2v) is 8.79. The number of benzene rings is 1. The van der Waals surface area contributed by atoms with Crippen molar-refractivity contribution < 1.29 is 18.7 Å². The highest BCUT2D eigenvalue weighted by molar-refractivity contribution is 5.86. The molecule has 1 fully saturated rings. The van der Waals surface area contributed by atoms with Gasteiger partial charge in [-0.2, -0.15) is 0 Å². The summed E-state index contributed by atoms with van der Waals surface area (Å²) in [6.07, 6.45) is 6.21. The molecule has 0 spiro atoms. The Balaban J connectivity index is 1.22. The van der Waals surface area contributed by atoms with E-state index >= 15 is 0 Å². The summed E-state index contributed by atoms with van der Waals surface area (Å²) in [4.78, 5) is 31.3. The first-order valence-corrected chi connectivity index (χ1v) is 11.6. The van der Waals surface area contributed by atoms with Gasteiger partial charge in [0.05, 0.1) is 18.4 Å². The van der Waals surface area contributed by atoms with Gasteiger partial charge in [0.2, 0.25) is 0 Å². The van der Waals surface area contributed by atoms with Crippen LogP contribution in [0.3, 0.4) is 0 Å². The van der Waals surface area contributed by atoms with Crippen LogP contribution in [0.4, 0.5) is 0 Å². The summed E-state index contributed by atoms with van der Waals surface area (Å²) in [7, 11) is 0. The number of piperidine rings is 1. The average Bonchev–Trinajstić information content (AvgIpc) is 3.35. The van der Waals surface area contributed by atoms with Crippen LogP contribution in [0.1, 0.15) is 41.6 Å². The molecular formula is C26H28N2O5. The predicted molar refractivity (Wildman–Crippen MR) is 123 cm³/mol. The molecule has 3 aromatic rings. The van der Waals surface area contributed by atoms with E-state index in [0.717, 1.165) is 59.9 Å². The van der Waals surface area contributed by atoms with Crippen LogP contribution in [0.2, 0.25) is 0 Å². The number of aryl methyl sites for hydroxylation is 2. The fraction of sp³-hybridized carbons (Fsp3) is 0.423. The Labute approximate surface area is 192 Å². The number of carbonyl (C=O) groups excluding carboxylic acids is 1. The van der Waals surface area contributed by atoms with Crippen molar-refractivity contribution in [2.75, 3.05) is 19.7 Å². The smallest absolute Gasteiger partial charge is 0.339 e. The third-order valence-corrected chi connectivity index (χ3v) is 6.62. The molecule has 2 aliphatic rings. The van der Waals surface area contributed by atoms with Gasteiger partial charge in [-0.1, -0.05) is 6.07 Å². The Morgan fingerprint density at radius 3 is 2.91 bits per heavy atom. The summed E-state index contributed by atoms with van der Waals surface area (Å²) < 4.78 is 17.5. The van der Waals surface area contributed by atoms with Crippen LogP contribution >= 0.6 is 0 Å². The van der Waals surface area contributed by atoms with E-state index in [2.05, 4.69) is 4.98 Å². The van der Waals surface area contributed by atoms with E-state index in [-0.39, 0.29) is 24.2 Å². The van der Waals surface area contributed by atoms with Crippen molar-refractivity contribution >= 4 is 16.9 Å². The van der Waals surface area contributed by atoms with E-state index in [4.69, 9.17) is 13.9 Å². The Bertz CT molecular complexity index is 1220. The molecule has 172 valence electrons. The topological polar surface area (TPSA) is 81.9 Å². The van der Waals surface area contributed by atoms with Crippen molar-refractivity contribution in [3.8, 4) is 5.75 Å². The molecule has 7 nitrogen and oxygen atoms in total. The van der Waals surface area contributed by atoms with Crippen molar-refractivity contribution in [1.82, 2.24) is 9.88 Å². The maximum Gasteiger partial charge on any atom is 0.339 e. The number of nitrogens with zero attached hydrogens (tertiary/aromatic N) is 2. The second-order valence-electron chi connectivity index (χ2n) is 8.79. The van der Waals surface area contributed by atoms with E-state index in [9.17, 15) is 9.59 Å². The van der Waals surface area contributed by atoms with Gasteiger partial charge in [-0.05, 0) is 68.9 Å². The molecule has 0 bridgehead atoms. The molecule has 7 heteroatoms. The standard InChI is InChI=1S/C26H28N2O5/c1-17-23(11-10-21-20-8-4-9-22(20)26(30)33-25(17)21)32-16-24(29)28-13-5-7-19(14-28)31-15-18-6-2-3-12-27-18/h2-3,6,10-12,19H,4-5,7-9,13-16H2,1H3. The largest absolute Gasteiger partial charge is 0.483 e. The number of amides is 1. The first-order chi connectivity index (χ1) is 16.1. The molecule has 33 heavy (non-hydrogen) atoms. The minimum Gasteiger partial charge on any atom is -0.483 e. The Hall–Kier alpha value is -3.19. The van der Waals surface area contributed by atoms with Gasteiger partial charge in [-0.25, -0.2) is 4.79 Å². The summed E-state index contributed by atoms with van der Waals surface area (Å²) in [5.74, 6) is 0.493. The first-order valence-electron chi connectivity index (χ1n) is 11.6. The molecule has 1 unspecified atom stereocenters. The highest BCUT2D eigenvalue weighted by Crippen LogP contribution is 2.33. The first kappa shape index (κ1) is 21.6. The fourth-order valence-corrected chi connectivity index (χ4v) is 4.84. The molecule has 1 amide bonds. The van der Waals surface area contributed by atoms with E-state index in [1.807, 2.05) is 37.3 Å². The van der Waals surface area contributed by atoms with Crippen LogP contribution < -0.4 is 10.4 Å². The van der Waals surface area contributed by atoms with Gasteiger partial charge in [0.1, 0.15) is 11.3 Å². The molecule has 1 aliphatic heterocycles. The number of hydrogen-bond acceptors (Lipinski definition) is 6. The number of rotatable bonds is 6. The van der Waals surface area contributed by atoms with Gasteiger partial charge < -0.3 is 18.8 Å². The SMILES string of the molecule is Cc1c(OCC(=O)N2CCCC(OCc3ccccn3)C2)ccc2c3c(c(=O)oc12)CCC3. The number of ether oxygens (including phenoxy) is 2.